The van der Waals surface area contributed by atoms with Crippen LogP contribution < -0.4 is 10.3 Å². The van der Waals surface area contributed by atoms with Gasteiger partial charge in [-0.1, -0.05) is 0 Å². The lowest BCUT2D eigenvalue weighted by Gasteiger charge is -2.10. The number of carboxylic acid groups (broad SMARTS) is 1. The predicted octanol–water partition coefficient (Wildman–Crippen LogP) is 3.00. The first kappa shape index (κ1) is 23.1. The molecule has 4 rings (SSSR count). The maximum Gasteiger partial charge on any atom is 0.338 e. The molecule has 4 N–H and O–H groups in total. The third-order valence-corrected chi connectivity index (χ3v) is 6.64. The van der Waals surface area contributed by atoms with Gasteiger partial charge in [0.05, 0.1) is 17.1 Å². The van der Waals surface area contributed by atoms with Crippen LogP contribution in [0.5, 0.6) is 0 Å². The Hall–Kier alpha value is -4.12. The van der Waals surface area contributed by atoms with Crippen molar-refractivity contribution in [2.75, 3.05) is 11.3 Å². The normalized spacial score (nSPS) is 11.6. The maximum atomic E-state index is 13.0. The lowest BCUT2D eigenvalue weighted by Crippen LogP contribution is -2.14. The Morgan fingerprint density at radius 1 is 1.12 bits per heavy atom. The number of hydrogen-bond acceptors (Lipinski definition) is 6. The van der Waals surface area contributed by atoms with Crippen LogP contribution in [-0.4, -0.2) is 42.0 Å². The fraction of sp³-hybridized carbons (Fsp3) is 0.174. The first-order valence-electron chi connectivity index (χ1n) is 10.4. The number of carboxylic acids is 1. The van der Waals surface area contributed by atoms with Gasteiger partial charge in [0.25, 0.3) is 15.6 Å². The van der Waals surface area contributed by atoms with Gasteiger partial charge >= 0.3 is 11.9 Å². The number of benzene rings is 2. The van der Waals surface area contributed by atoms with Gasteiger partial charge in [0.1, 0.15) is 5.52 Å². The number of H-pyrrole nitrogens is 2. The van der Waals surface area contributed by atoms with Gasteiger partial charge in [-0.15, -0.1) is 0 Å². The number of aromatic nitrogens is 2. The molecule has 0 radical (unpaired) electrons. The quantitative estimate of drug-likeness (QED) is 0.280. The molecule has 0 unspecified atom stereocenters. The molecule has 0 saturated heterocycles. The predicted molar refractivity (Wildman–Crippen MR) is 126 cm³/mol. The average molecular weight is 484 g/mol. The standard InChI is InChI=1S/C23H21N3O7S/c1-2-33-23(30)13-3-6-15(7-4-13)26-34(31,32)16-8-9-18-17(11-16)20-14(5-10-19(27)28)12-24-21(20)22(29)25-18/h3-4,6-9,11-12,24,26H,2,5,10H2,1H3,(H,25,29)(H,27,28). The van der Waals surface area contributed by atoms with Gasteiger partial charge in [-0.05, 0) is 61.4 Å². The molecule has 0 atom stereocenters. The summed E-state index contributed by atoms with van der Waals surface area (Å²) in [6.45, 7) is 1.92. The van der Waals surface area contributed by atoms with Crippen molar-refractivity contribution in [2.24, 2.45) is 0 Å². The molecule has 0 aliphatic carbocycles. The van der Waals surface area contributed by atoms with E-state index < -0.39 is 22.0 Å². The Balaban J connectivity index is 1.72. The molecule has 0 spiro atoms. The number of fused-ring (bicyclic) bond motifs is 3. The number of sulfonamides is 1. The summed E-state index contributed by atoms with van der Waals surface area (Å²) in [6.07, 6.45) is 1.60. The summed E-state index contributed by atoms with van der Waals surface area (Å²) >= 11 is 0. The van der Waals surface area contributed by atoms with Crippen molar-refractivity contribution in [1.82, 2.24) is 9.97 Å². The summed E-state index contributed by atoms with van der Waals surface area (Å²) in [5.41, 5.74) is 1.42. The highest BCUT2D eigenvalue weighted by molar-refractivity contribution is 7.92. The van der Waals surface area contributed by atoms with Crippen LogP contribution in [0.15, 0.2) is 58.4 Å². The van der Waals surface area contributed by atoms with Crippen molar-refractivity contribution in [3.63, 3.8) is 0 Å². The molecule has 0 amide bonds. The van der Waals surface area contributed by atoms with Crippen LogP contribution in [0.25, 0.3) is 21.8 Å². The van der Waals surface area contributed by atoms with Crippen molar-refractivity contribution >= 4 is 49.5 Å². The van der Waals surface area contributed by atoms with Gasteiger partial charge in [-0.3, -0.25) is 14.3 Å². The number of carbonyl (C=O) groups is 2. The summed E-state index contributed by atoms with van der Waals surface area (Å²) < 4.78 is 33.5. The molecular formula is C23H21N3O7S. The fourth-order valence-electron chi connectivity index (χ4n) is 3.68. The van der Waals surface area contributed by atoms with E-state index in [9.17, 15) is 22.8 Å². The second-order valence-electron chi connectivity index (χ2n) is 7.52. The first-order valence-corrected chi connectivity index (χ1v) is 11.9. The molecule has 2 aromatic heterocycles. The SMILES string of the molecule is CCOC(=O)c1ccc(NS(=O)(=O)c2ccc3[nH]c(=O)c4[nH]cc(CCC(=O)O)c4c3c2)cc1. The zero-order chi connectivity index (χ0) is 24.5. The van der Waals surface area contributed by atoms with Crippen LogP contribution >= 0.6 is 0 Å². The second kappa shape index (κ2) is 9.02. The Morgan fingerprint density at radius 3 is 2.53 bits per heavy atom. The topological polar surface area (TPSA) is 158 Å². The molecular weight excluding hydrogens is 462 g/mol. The van der Waals surface area contributed by atoms with Gasteiger partial charge in [0, 0.05) is 34.6 Å². The smallest absolute Gasteiger partial charge is 0.338 e. The highest BCUT2D eigenvalue weighted by Crippen LogP contribution is 2.28. The van der Waals surface area contributed by atoms with E-state index in [0.717, 1.165) is 0 Å². The largest absolute Gasteiger partial charge is 0.481 e. The Bertz CT molecular complexity index is 1570. The van der Waals surface area contributed by atoms with Crippen molar-refractivity contribution in [3.8, 4) is 0 Å². The molecule has 10 nitrogen and oxygen atoms in total. The number of aryl methyl sites for hydroxylation is 1. The van der Waals surface area contributed by atoms with Crippen LogP contribution in [0.1, 0.15) is 29.3 Å². The van der Waals surface area contributed by atoms with Gasteiger partial charge in [0.2, 0.25) is 0 Å². The van der Waals surface area contributed by atoms with E-state index in [1.807, 2.05) is 0 Å². The number of aliphatic carboxylic acids is 1. The van der Waals surface area contributed by atoms with E-state index in [1.54, 1.807) is 13.1 Å². The zero-order valence-electron chi connectivity index (χ0n) is 18.0. The molecule has 0 aliphatic heterocycles. The monoisotopic (exact) mass is 483 g/mol. The van der Waals surface area contributed by atoms with Crippen molar-refractivity contribution < 1.29 is 27.9 Å². The highest BCUT2D eigenvalue weighted by Gasteiger charge is 2.19. The van der Waals surface area contributed by atoms with E-state index in [2.05, 4.69) is 14.7 Å². The summed E-state index contributed by atoms with van der Waals surface area (Å²) in [4.78, 5) is 40.7. The highest BCUT2D eigenvalue weighted by atomic mass is 32.2. The molecule has 176 valence electrons. The van der Waals surface area contributed by atoms with Crippen LogP contribution in [0.2, 0.25) is 0 Å². The number of rotatable bonds is 8. The van der Waals surface area contributed by atoms with E-state index in [4.69, 9.17) is 9.84 Å². The van der Waals surface area contributed by atoms with Gasteiger partial charge < -0.3 is 19.8 Å². The summed E-state index contributed by atoms with van der Waals surface area (Å²) in [5.74, 6) is -1.49. The molecule has 34 heavy (non-hydrogen) atoms. The van der Waals surface area contributed by atoms with Crippen molar-refractivity contribution in [2.45, 2.75) is 24.7 Å². The minimum atomic E-state index is -4.01. The fourth-order valence-corrected chi connectivity index (χ4v) is 4.77. The Kier molecular flexibility index (Phi) is 6.12. The van der Waals surface area contributed by atoms with E-state index in [0.29, 0.717) is 27.4 Å². The number of anilines is 1. The minimum Gasteiger partial charge on any atom is -0.481 e. The lowest BCUT2D eigenvalue weighted by atomic mass is 10.0. The van der Waals surface area contributed by atoms with E-state index in [-0.39, 0.29) is 41.1 Å². The van der Waals surface area contributed by atoms with Crippen LogP contribution in [0.4, 0.5) is 5.69 Å². The number of hydrogen-bond donors (Lipinski definition) is 4. The third kappa shape index (κ3) is 4.50. The summed E-state index contributed by atoms with van der Waals surface area (Å²) in [6, 6.07) is 10.1. The van der Waals surface area contributed by atoms with E-state index >= 15 is 0 Å². The van der Waals surface area contributed by atoms with Gasteiger partial charge in [0.15, 0.2) is 0 Å². The number of nitrogens with one attached hydrogen (secondary N) is 3. The number of esters is 1. The van der Waals surface area contributed by atoms with Gasteiger partial charge in [-0.2, -0.15) is 0 Å². The van der Waals surface area contributed by atoms with Crippen LogP contribution in [-0.2, 0) is 26.0 Å². The number of ether oxygens (including phenoxy) is 1. The average Bonchev–Trinajstić information content (AvgIpc) is 3.23. The number of aromatic amines is 2. The van der Waals surface area contributed by atoms with Crippen LogP contribution in [0.3, 0.4) is 0 Å². The molecule has 0 bridgehead atoms. The third-order valence-electron chi connectivity index (χ3n) is 5.26. The minimum absolute atomic E-state index is 0.0480. The summed E-state index contributed by atoms with van der Waals surface area (Å²) in [7, 11) is -4.01. The molecule has 0 aliphatic rings. The molecule has 11 heteroatoms. The summed E-state index contributed by atoms with van der Waals surface area (Å²) in [5, 5.41) is 9.98. The second-order valence-corrected chi connectivity index (χ2v) is 9.20. The Morgan fingerprint density at radius 2 is 1.85 bits per heavy atom. The zero-order valence-corrected chi connectivity index (χ0v) is 18.9. The van der Waals surface area contributed by atoms with Crippen molar-refractivity contribution in [1.29, 1.82) is 0 Å². The molecule has 4 aromatic rings. The maximum absolute atomic E-state index is 13.0. The van der Waals surface area contributed by atoms with Gasteiger partial charge in [-0.25, -0.2) is 13.2 Å². The first-order chi connectivity index (χ1) is 16.2. The molecule has 2 aromatic carbocycles. The molecule has 0 fully saturated rings. The lowest BCUT2D eigenvalue weighted by molar-refractivity contribution is -0.136. The number of carbonyl (C=O) groups excluding carboxylic acids is 1. The molecule has 2 heterocycles. The Labute approximate surface area is 193 Å². The molecule has 0 saturated carbocycles. The van der Waals surface area contributed by atoms with E-state index in [1.165, 1.54) is 42.5 Å². The van der Waals surface area contributed by atoms with Crippen LogP contribution in [0, 0.1) is 0 Å². The number of pyridine rings is 1. The van der Waals surface area contributed by atoms with Crippen molar-refractivity contribution in [3.05, 3.63) is 70.1 Å².